The molecule has 1 atom stereocenters. The summed E-state index contributed by atoms with van der Waals surface area (Å²) in [5, 5.41) is 14.4. The highest BCUT2D eigenvalue weighted by atomic mass is 16.6. The zero-order valence-electron chi connectivity index (χ0n) is 13.7. The van der Waals surface area contributed by atoms with Crippen molar-refractivity contribution in [1.29, 1.82) is 0 Å². The number of piperazine rings is 1. The SMILES string of the molecule is CC(C)(C)OC(=O)NC(C)(C)C(=O)N1CCN[C@H](C(=O)O)C1. The van der Waals surface area contributed by atoms with E-state index >= 15 is 0 Å². The minimum atomic E-state index is -1.18. The van der Waals surface area contributed by atoms with E-state index in [0.29, 0.717) is 13.1 Å². The molecule has 0 radical (unpaired) electrons. The van der Waals surface area contributed by atoms with Crippen molar-refractivity contribution in [3.05, 3.63) is 0 Å². The second-order valence-corrected chi connectivity index (χ2v) is 6.85. The van der Waals surface area contributed by atoms with Gasteiger partial charge in [0, 0.05) is 19.6 Å². The first-order valence-corrected chi connectivity index (χ1v) is 7.19. The number of nitrogens with zero attached hydrogens (tertiary/aromatic N) is 1. The number of nitrogens with one attached hydrogen (secondary N) is 2. The van der Waals surface area contributed by atoms with Crippen molar-refractivity contribution in [2.75, 3.05) is 19.6 Å². The first-order valence-electron chi connectivity index (χ1n) is 7.19. The number of amides is 2. The number of alkyl carbamates (subject to hydrolysis) is 1. The van der Waals surface area contributed by atoms with E-state index in [1.165, 1.54) is 4.90 Å². The summed E-state index contributed by atoms with van der Waals surface area (Å²) >= 11 is 0. The van der Waals surface area contributed by atoms with Crippen LogP contribution in [0.2, 0.25) is 0 Å². The fourth-order valence-electron chi connectivity index (χ4n) is 2.11. The molecule has 0 spiro atoms. The van der Waals surface area contributed by atoms with Gasteiger partial charge in [0.2, 0.25) is 5.91 Å². The highest BCUT2D eigenvalue weighted by Gasteiger charge is 2.37. The van der Waals surface area contributed by atoms with E-state index in [4.69, 9.17) is 9.84 Å². The van der Waals surface area contributed by atoms with Gasteiger partial charge in [-0.15, -0.1) is 0 Å². The van der Waals surface area contributed by atoms with E-state index in [9.17, 15) is 14.4 Å². The monoisotopic (exact) mass is 315 g/mol. The van der Waals surface area contributed by atoms with Crippen molar-refractivity contribution >= 4 is 18.0 Å². The molecule has 1 heterocycles. The highest BCUT2D eigenvalue weighted by molar-refractivity contribution is 5.90. The summed E-state index contributed by atoms with van der Waals surface area (Å²) in [6.07, 6.45) is -0.684. The van der Waals surface area contributed by atoms with Crippen LogP contribution in [0.1, 0.15) is 34.6 Å². The Bertz CT molecular complexity index is 456. The molecule has 126 valence electrons. The highest BCUT2D eigenvalue weighted by Crippen LogP contribution is 2.13. The Balaban J connectivity index is 2.69. The number of hydrogen-bond donors (Lipinski definition) is 3. The summed E-state index contributed by atoms with van der Waals surface area (Å²) < 4.78 is 5.14. The van der Waals surface area contributed by atoms with Crippen molar-refractivity contribution in [1.82, 2.24) is 15.5 Å². The molecule has 0 aromatic heterocycles. The fraction of sp³-hybridized carbons (Fsp3) is 0.786. The van der Waals surface area contributed by atoms with Gasteiger partial charge < -0.3 is 25.4 Å². The third-order valence-corrected chi connectivity index (χ3v) is 3.11. The molecule has 0 saturated carbocycles. The van der Waals surface area contributed by atoms with Crippen LogP contribution in [0.4, 0.5) is 4.79 Å². The molecule has 0 bridgehead atoms. The van der Waals surface area contributed by atoms with E-state index in [0.717, 1.165) is 0 Å². The van der Waals surface area contributed by atoms with Crippen LogP contribution in [0.25, 0.3) is 0 Å². The molecule has 1 aliphatic heterocycles. The molecule has 0 aromatic carbocycles. The molecule has 0 aromatic rings. The van der Waals surface area contributed by atoms with Gasteiger partial charge in [-0.05, 0) is 34.6 Å². The molecule has 2 amide bonds. The third kappa shape index (κ3) is 5.18. The standard InChI is InChI=1S/C14H25N3O5/c1-13(2,3)22-12(21)16-14(4,5)11(20)17-7-6-15-9(8-17)10(18)19/h9,15H,6-8H2,1-5H3,(H,16,21)(H,18,19)/t9-/m0/s1. The van der Waals surface area contributed by atoms with Crippen LogP contribution in [0.5, 0.6) is 0 Å². The Kier molecular flexibility index (Phi) is 5.39. The quantitative estimate of drug-likeness (QED) is 0.685. The van der Waals surface area contributed by atoms with Crippen LogP contribution in [-0.2, 0) is 14.3 Å². The van der Waals surface area contributed by atoms with E-state index in [1.54, 1.807) is 34.6 Å². The van der Waals surface area contributed by atoms with Crippen LogP contribution in [0.3, 0.4) is 0 Å². The molecule has 0 unspecified atom stereocenters. The van der Waals surface area contributed by atoms with Crippen LogP contribution < -0.4 is 10.6 Å². The van der Waals surface area contributed by atoms with E-state index in [-0.39, 0.29) is 12.5 Å². The summed E-state index contributed by atoms with van der Waals surface area (Å²) in [6.45, 7) is 9.18. The summed E-state index contributed by atoms with van der Waals surface area (Å²) in [5.74, 6) is -1.35. The van der Waals surface area contributed by atoms with Crippen molar-refractivity contribution in [2.45, 2.75) is 51.8 Å². The molecule has 1 aliphatic rings. The van der Waals surface area contributed by atoms with Gasteiger partial charge in [0.05, 0.1) is 0 Å². The third-order valence-electron chi connectivity index (χ3n) is 3.11. The van der Waals surface area contributed by atoms with E-state index in [1.807, 2.05) is 0 Å². The summed E-state index contributed by atoms with van der Waals surface area (Å²) in [6, 6.07) is -0.796. The number of carbonyl (C=O) groups is 3. The van der Waals surface area contributed by atoms with Crippen molar-refractivity contribution in [3.63, 3.8) is 0 Å². The molecule has 8 nitrogen and oxygen atoms in total. The number of ether oxygens (including phenoxy) is 1. The van der Waals surface area contributed by atoms with Crippen LogP contribution >= 0.6 is 0 Å². The topological polar surface area (TPSA) is 108 Å². The summed E-state index contributed by atoms with van der Waals surface area (Å²) in [5.41, 5.74) is -1.84. The normalized spacial score (nSPS) is 19.5. The van der Waals surface area contributed by atoms with Gasteiger partial charge in [-0.1, -0.05) is 0 Å². The maximum Gasteiger partial charge on any atom is 0.408 e. The number of carbonyl (C=O) groups excluding carboxylic acids is 2. The van der Waals surface area contributed by atoms with Crippen LogP contribution in [0.15, 0.2) is 0 Å². The molecule has 0 aliphatic carbocycles. The fourth-order valence-corrected chi connectivity index (χ4v) is 2.11. The van der Waals surface area contributed by atoms with Crippen molar-refractivity contribution in [3.8, 4) is 0 Å². The number of rotatable bonds is 3. The second-order valence-electron chi connectivity index (χ2n) is 6.85. The predicted molar refractivity (Wildman–Crippen MR) is 79.5 cm³/mol. The van der Waals surface area contributed by atoms with Crippen molar-refractivity contribution in [2.24, 2.45) is 0 Å². The van der Waals surface area contributed by atoms with Crippen LogP contribution in [0, 0.1) is 0 Å². The summed E-state index contributed by atoms with van der Waals surface area (Å²) in [7, 11) is 0. The van der Waals surface area contributed by atoms with Crippen molar-refractivity contribution < 1.29 is 24.2 Å². The smallest absolute Gasteiger partial charge is 0.408 e. The van der Waals surface area contributed by atoms with Gasteiger partial charge in [-0.25, -0.2) is 4.79 Å². The molecule has 3 N–H and O–H groups in total. The van der Waals surface area contributed by atoms with Gasteiger partial charge in [0.1, 0.15) is 17.2 Å². The number of carboxylic acid groups (broad SMARTS) is 1. The second kappa shape index (κ2) is 6.51. The van der Waals surface area contributed by atoms with Gasteiger partial charge >= 0.3 is 12.1 Å². The van der Waals surface area contributed by atoms with E-state index < -0.39 is 29.2 Å². The largest absolute Gasteiger partial charge is 0.480 e. The predicted octanol–water partition coefficient (Wildman–Crippen LogP) is 0.175. The lowest BCUT2D eigenvalue weighted by molar-refractivity contribution is -0.144. The lowest BCUT2D eigenvalue weighted by Gasteiger charge is -2.37. The van der Waals surface area contributed by atoms with Gasteiger partial charge in [0.15, 0.2) is 0 Å². The molecule has 8 heteroatoms. The number of aliphatic carboxylic acids is 1. The Morgan fingerprint density at radius 3 is 2.32 bits per heavy atom. The molecular formula is C14H25N3O5. The number of carboxylic acids is 1. The molecular weight excluding hydrogens is 290 g/mol. The summed E-state index contributed by atoms with van der Waals surface area (Å²) in [4.78, 5) is 36.8. The molecule has 1 fully saturated rings. The minimum absolute atomic E-state index is 0.0631. The first kappa shape index (κ1) is 18.2. The first-order chi connectivity index (χ1) is 9.92. The van der Waals surface area contributed by atoms with Crippen LogP contribution in [-0.4, -0.2) is 64.8 Å². The maximum atomic E-state index is 12.5. The molecule has 1 saturated heterocycles. The zero-order chi connectivity index (χ0) is 17.1. The van der Waals surface area contributed by atoms with Gasteiger partial charge in [-0.3, -0.25) is 9.59 Å². The zero-order valence-corrected chi connectivity index (χ0v) is 13.7. The average molecular weight is 315 g/mol. The van der Waals surface area contributed by atoms with Gasteiger partial charge in [0.25, 0.3) is 0 Å². The Hall–Kier alpha value is -1.83. The lowest BCUT2D eigenvalue weighted by Crippen LogP contribution is -2.62. The molecule has 1 rings (SSSR count). The number of hydrogen-bond acceptors (Lipinski definition) is 5. The average Bonchev–Trinajstić information content (AvgIpc) is 2.34. The van der Waals surface area contributed by atoms with E-state index in [2.05, 4.69) is 10.6 Å². The van der Waals surface area contributed by atoms with Gasteiger partial charge in [-0.2, -0.15) is 0 Å². The molecule has 22 heavy (non-hydrogen) atoms. The Labute approximate surface area is 130 Å². The maximum absolute atomic E-state index is 12.5. The lowest BCUT2D eigenvalue weighted by atomic mass is 10.0. The minimum Gasteiger partial charge on any atom is -0.480 e. The Morgan fingerprint density at radius 2 is 1.82 bits per heavy atom. The Morgan fingerprint density at radius 1 is 1.23 bits per heavy atom.